The third kappa shape index (κ3) is 5.77. The van der Waals surface area contributed by atoms with E-state index in [1.54, 1.807) is 31.2 Å². The van der Waals surface area contributed by atoms with Crippen molar-refractivity contribution in [1.82, 2.24) is 5.32 Å². The summed E-state index contributed by atoms with van der Waals surface area (Å²) in [4.78, 5) is 12.3. The summed E-state index contributed by atoms with van der Waals surface area (Å²) in [6, 6.07) is 13.8. The summed E-state index contributed by atoms with van der Waals surface area (Å²) in [7, 11) is -3.33. The lowest BCUT2D eigenvalue weighted by atomic mass is 10.2. The Kier molecular flexibility index (Phi) is 6.63. The number of aryl methyl sites for hydroxylation is 1. The third-order valence-electron chi connectivity index (χ3n) is 3.76. The van der Waals surface area contributed by atoms with E-state index in [0.717, 1.165) is 11.3 Å². The molecule has 0 radical (unpaired) electrons. The smallest absolute Gasteiger partial charge is 0.251 e. The van der Waals surface area contributed by atoms with Crippen LogP contribution >= 0.6 is 0 Å². The summed E-state index contributed by atoms with van der Waals surface area (Å²) < 4.78 is 31.3. The van der Waals surface area contributed by atoms with Crippen molar-refractivity contribution in [2.75, 3.05) is 17.1 Å². The molecule has 140 valence electrons. The van der Waals surface area contributed by atoms with Crippen LogP contribution in [0.3, 0.4) is 0 Å². The third-order valence-corrected chi connectivity index (χ3v) is 5.07. The summed E-state index contributed by atoms with van der Waals surface area (Å²) in [5.74, 6) is 0.546. The molecule has 26 heavy (non-hydrogen) atoms. The first-order valence-corrected chi connectivity index (χ1v) is 10.1. The minimum absolute atomic E-state index is 0.00631. The van der Waals surface area contributed by atoms with Gasteiger partial charge in [0.15, 0.2) is 0 Å². The molecule has 2 rings (SSSR count). The van der Waals surface area contributed by atoms with Crippen molar-refractivity contribution in [2.45, 2.75) is 26.8 Å². The van der Waals surface area contributed by atoms with Crippen LogP contribution in [-0.2, 0) is 10.0 Å². The molecule has 0 aromatic heterocycles. The Labute approximate surface area is 154 Å². The molecule has 0 aliphatic carbocycles. The molecule has 0 fully saturated rings. The fraction of sp³-hybridized carbons (Fsp3) is 0.316. The van der Waals surface area contributed by atoms with Crippen LogP contribution in [0.25, 0.3) is 0 Å². The molecule has 0 aliphatic heterocycles. The summed E-state index contributed by atoms with van der Waals surface area (Å²) in [5, 5.41) is 2.86. The van der Waals surface area contributed by atoms with Gasteiger partial charge in [0.1, 0.15) is 12.4 Å². The first-order chi connectivity index (χ1) is 12.3. The van der Waals surface area contributed by atoms with Gasteiger partial charge in [-0.1, -0.05) is 18.2 Å². The molecule has 2 N–H and O–H groups in total. The molecule has 0 saturated heterocycles. The monoisotopic (exact) mass is 376 g/mol. The molecular formula is C19H24N2O4S. The average molecular weight is 376 g/mol. The number of nitrogens with one attached hydrogen (secondary N) is 2. The van der Waals surface area contributed by atoms with E-state index in [9.17, 15) is 13.2 Å². The highest BCUT2D eigenvalue weighted by atomic mass is 32.2. The highest BCUT2D eigenvalue weighted by Gasteiger charge is 2.12. The predicted molar refractivity (Wildman–Crippen MR) is 103 cm³/mol. The van der Waals surface area contributed by atoms with Crippen LogP contribution in [0.1, 0.15) is 29.8 Å². The molecule has 1 amide bonds. The van der Waals surface area contributed by atoms with E-state index in [-0.39, 0.29) is 17.7 Å². The Bertz CT molecular complexity index is 848. The van der Waals surface area contributed by atoms with Crippen molar-refractivity contribution in [3.05, 3.63) is 59.7 Å². The number of rotatable bonds is 8. The van der Waals surface area contributed by atoms with Crippen molar-refractivity contribution in [2.24, 2.45) is 0 Å². The Balaban J connectivity index is 1.89. The summed E-state index contributed by atoms with van der Waals surface area (Å²) in [6.45, 7) is 5.74. The topological polar surface area (TPSA) is 84.5 Å². The van der Waals surface area contributed by atoms with Gasteiger partial charge in [0, 0.05) is 11.3 Å². The number of benzene rings is 2. The summed E-state index contributed by atoms with van der Waals surface area (Å²) >= 11 is 0. The van der Waals surface area contributed by atoms with Gasteiger partial charge in [-0.15, -0.1) is 0 Å². The van der Waals surface area contributed by atoms with E-state index >= 15 is 0 Å². The Morgan fingerprint density at radius 3 is 2.38 bits per heavy atom. The minimum atomic E-state index is -3.33. The van der Waals surface area contributed by atoms with Crippen molar-refractivity contribution < 1.29 is 17.9 Å². The van der Waals surface area contributed by atoms with Gasteiger partial charge >= 0.3 is 0 Å². The first kappa shape index (κ1) is 19.8. The second-order valence-electron chi connectivity index (χ2n) is 6.03. The molecular weight excluding hydrogens is 352 g/mol. The summed E-state index contributed by atoms with van der Waals surface area (Å²) in [6.07, 6.45) is 0. The molecule has 0 saturated carbocycles. The molecule has 0 aliphatic rings. The number of para-hydroxylation sites is 1. The van der Waals surface area contributed by atoms with Crippen LogP contribution in [-0.4, -0.2) is 32.7 Å². The zero-order valence-electron chi connectivity index (χ0n) is 15.2. The van der Waals surface area contributed by atoms with E-state index in [1.807, 2.05) is 38.1 Å². The van der Waals surface area contributed by atoms with E-state index in [1.165, 1.54) is 0 Å². The summed E-state index contributed by atoms with van der Waals surface area (Å²) in [5.41, 5.74) is 1.92. The van der Waals surface area contributed by atoms with E-state index in [2.05, 4.69) is 10.0 Å². The number of hydrogen-bond donors (Lipinski definition) is 2. The van der Waals surface area contributed by atoms with Gasteiger partial charge < -0.3 is 10.1 Å². The first-order valence-electron chi connectivity index (χ1n) is 8.40. The van der Waals surface area contributed by atoms with Gasteiger partial charge in [-0.05, 0) is 56.7 Å². The number of ether oxygens (including phenoxy) is 1. The zero-order chi connectivity index (χ0) is 19.2. The van der Waals surface area contributed by atoms with Crippen LogP contribution in [0, 0.1) is 6.92 Å². The Morgan fingerprint density at radius 2 is 1.77 bits per heavy atom. The second-order valence-corrected chi connectivity index (χ2v) is 8.04. The van der Waals surface area contributed by atoms with Crippen LogP contribution in [0.2, 0.25) is 0 Å². The normalized spacial score (nSPS) is 12.3. The standard InChI is InChI=1S/C19H24N2O4S/c1-4-26(23,24)21-17-11-9-16(10-12-17)19(22)20-15(3)13-25-18-8-6-5-7-14(18)2/h5-12,15,21H,4,13H2,1-3H3,(H,20,22). The van der Waals surface area contributed by atoms with E-state index < -0.39 is 10.0 Å². The van der Waals surface area contributed by atoms with Crippen LogP contribution in [0.15, 0.2) is 48.5 Å². The second kappa shape index (κ2) is 8.71. The van der Waals surface area contributed by atoms with Crippen molar-refractivity contribution in [3.63, 3.8) is 0 Å². The fourth-order valence-electron chi connectivity index (χ4n) is 2.22. The van der Waals surface area contributed by atoms with Crippen molar-refractivity contribution in [3.8, 4) is 5.75 Å². The molecule has 0 heterocycles. The van der Waals surface area contributed by atoms with Gasteiger partial charge in [0.2, 0.25) is 10.0 Å². The lowest BCUT2D eigenvalue weighted by Crippen LogP contribution is -2.36. The number of sulfonamides is 1. The highest BCUT2D eigenvalue weighted by Crippen LogP contribution is 2.16. The average Bonchev–Trinajstić information content (AvgIpc) is 2.61. The zero-order valence-corrected chi connectivity index (χ0v) is 16.0. The van der Waals surface area contributed by atoms with Gasteiger partial charge in [0.05, 0.1) is 11.8 Å². The van der Waals surface area contributed by atoms with Crippen LogP contribution in [0.5, 0.6) is 5.75 Å². The number of amides is 1. The molecule has 7 heteroatoms. The molecule has 2 aromatic carbocycles. The fourth-order valence-corrected chi connectivity index (χ4v) is 2.86. The highest BCUT2D eigenvalue weighted by molar-refractivity contribution is 7.92. The SMILES string of the molecule is CCS(=O)(=O)Nc1ccc(C(=O)NC(C)COc2ccccc2C)cc1. The largest absolute Gasteiger partial charge is 0.491 e. The van der Waals surface area contributed by atoms with E-state index in [4.69, 9.17) is 4.74 Å². The van der Waals surface area contributed by atoms with E-state index in [0.29, 0.717) is 17.9 Å². The molecule has 6 nitrogen and oxygen atoms in total. The van der Waals surface area contributed by atoms with Gasteiger partial charge in [-0.25, -0.2) is 8.42 Å². The van der Waals surface area contributed by atoms with Crippen LogP contribution < -0.4 is 14.8 Å². The molecule has 0 spiro atoms. The maximum atomic E-state index is 12.3. The predicted octanol–water partition coefficient (Wildman–Crippen LogP) is 2.95. The number of carbonyl (C=O) groups is 1. The van der Waals surface area contributed by atoms with Gasteiger partial charge in [-0.2, -0.15) is 0 Å². The maximum absolute atomic E-state index is 12.3. The Morgan fingerprint density at radius 1 is 1.12 bits per heavy atom. The number of anilines is 1. The van der Waals surface area contributed by atoms with Gasteiger partial charge in [0.25, 0.3) is 5.91 Å². The Hall–Kier alpha value is -2.54. The molecule has 1 atom stereocenters. The number of hydrogen-bond acceptors (Lipinski definition) is 4. The molecule has 2 aromatic rings. The molecule has 0 bridgehead atoms. The molecule has 1 unspecified atom stereocenters. The maximum Gasteiger partial charge on any atom is 0.251 e. The quantitative estimate of drug-likeness (QED) is 0.742. The van der Waals surface area contributed by atoms with Crippen LogP contribution in [0.4, 0.5) is 5.69 Å². The minimum Gasteiger partial charge on any atom is -0.491 e. The number of carbonyl (C=O) groups excluding carboxylic acids is 1. The van der Waals surface area contributed by atoms with Crippen molar-refractivity contribution in [1.29, 1.82) is 0 Å². The lowest BCUT2D eigenvalue weighted by molar-refractivity contribution is 0.0926. The van der Waals surface area contributed by atoms with Gasteiger partial charge in [-0.3, -0.25) is 9.52 Å². The van der Waals surface area contributed by atoms with Crippen molar-refractivity contribution >= 4 is 21.6 Å². The lowest BCUT2D eigenvalue weighted by Gasteiger charge is -2.16.